The Morgan fingerprint density at radius 3 is 2.68 bits per heavy atom. The summed E-state index contributed by atoms with van der Waals surface area (Å²) < 4.78 is 0. The van der Waals surface area contributed by atoms with E-state index in [2.05, 4.69) is 15.7 Å². The minimum Gasteiger partial charge on any atom is -0.317 e. The van der Waals surface area contributed by atoms with Gasteiger partial charge in [0.05, 0.1) is 11.2 Å². The highest BCUT2D eigenvalue weighted by molar-refractivity contribution is 7.14. The summed E-state index contributed by atoms with van der Waals surface area (Å²) in [6.07, 6.45) is 7.34. The Hall–Kier alpha value is -0.650. The molecule has 3 rings (SSSR count). The lowest BCUT2D eigenvalue weighted by molar-refractivity contribution is -0.122. The minimum absolute atomic E-state index is 0. The topological polar surface area (TPSA) is 68.0 Å². The van der Waals surface area contributed by atoms with Crippen molar-refractivity contribution in [2.75, 3.05) is 5.32 Å². The van der Waals surface area contributed by atoms with Crippen LogP contribution in [-0.4, -0.2) is 16.4 Å². The molecule has 0 bridgehead atoms. The van der Waals surface area contributed by atoms with Crippen molar-refractivity contribution in [1.82, 2.24) is 4.98 Å². The zero-order valence-corrected chi connectivity index (χ0v) is 12.5. The fourth-order valence-electron chi connectivity index (χ4n) is 2.54. The molecule has 0 aromatic carbocycles. The first-order valence-electron chi connectivity index (χ1n) is 6.73. The molecule has 1 heterocycles. The summed E-state index contributed by atoms with van der Waals surface area (Å²) >= 11 is 1.51. The van der Waals surface area contributed by atoms with Crippen LogP contribution in [0.2, 0.25) is 0 Å². The molecular weight excluding hydrogens is 282 g/mol. The van der Waals surface area contributed by atoms with Crippen LogP contribution < -0.4 is 11.1 Å². The van der Waals surface area contributed by atoms with Gasteiger partial charge in [0.1, 0.15) is 0 Å². The minimum atomic E-state index is -0.677. The van der Waals surface area contributed by atoms with Crippen molar-refractivity contribution in [2.45, 2.75) is 56.4 Å². The fourth-order valence-corrected chi connectivity index (χ4v) is 3.33. The van der Waals surface area contributed by atoms with Crippen molar-refractivity contribution in [3.63, 3.8) is 0 Å². The summed E-state index contributed by atoms with van der Waals surface area (Å²) in [4.78, 5) is 16.7. The van der Waals surface area contributed by atoms with Crippen molar-refractivity contribution >= 4 is 34.8 Å². The number of amides is 1. The average Bonchev–Trinajstić information content (AvgIpc) is 3.11. The Labute approximate surface area is 123 Å². The second-order valence-electron chi connectivity index (χ2n) is 5.52. The SMILES string of the molecule is Cl.NC1(C(=O)Nc2nc(C3CC3)cs2)CCCCC1. The van der Waals surface area contributed by atoms with Gasteiger partial charge in [-0.05, 0) is 25.7 Å². The van der Waals surface area contributed by atoms with Crippen LogP contribution in [0.5, 0.6) is 0 Å². The number of nitrogens with one attached hydrogen (secondary N) is 1. The van der Waals surface area contributed by atoms with Crippen molar-refractivity contribution in [3.8, 4) is 0 Å². The fraction of sp³-hybridized carbons (Fsp3) is 0.692. The van der Waals surface area contributed by atoms with Gasteiger partial charge in [0.25, 0.3) is 0 Å². The standard InChI is InChI=1S/C13H19N3OS.ClH/c14-13(6-2-1-3-7-13)11(17)16-12-15-10(8-18-12)9-4-5-9;/h8-9H,1-7,14H2,(H,15,16,17);1H. The lowest BCUT2D eigenvalue weighted by Gasteiger charge is -2.31. The van der Waals surface area contributed by atoms with E-state index in [0.717, 1.165) is 31.4 Å². The van der Waals surface area contributed by atoms with Gasteiger partial charge < -0.3 is 11.1 Å². The molecule has 2 aliphatic carbocycles. The quantitative estimate of drug-likeness (QED) is 0.901. The highest BCUT2D eigenvalue weighted by Crippen LogP contribution is 2.41. The Morgan fingerprint density at radius 2 is 2.05 bits per heavy atom. The summed E-state index contributed by atoms with van der Waals surface area (Å²) in [6.45, 7) is 0. The molecule has 6 heteroatoms. The Kier molecular flexibility index (Phi) is 4.48. The third-order valence-corrected chi connectivity index (χ3v) is 4.71. The molecule has 2 fully saturated rings. The van der Waals surface area contributed by atoms with E-state index in [0.29, 0.717) is 11.0 Å². The Balaban J connectivity index is 0.00000133. The molecule has 2 aliphatic rings. The van der Waals surface area contributed by atoms with E-state index in [-0.39, 0.29) is 18.3 Å². The number of anilines is 1. The van der Waals surface area contributed by atoms with Crippen molar-refractivity contribution in [1.29, 1.82) is 0 Å². The second kappa shape index (κ2) is 5.77. The van der Waals surface area contributed by atoms with Crippen LogP contribution in [-0.2, 0) is 4.79 Å². The van der Waals surface area contributed by atoms with Gasteiger partial charge in [0, 0.05) is 11.3 Å². The number of hydrogen-bond donors (Lipinski definition) is 2. The van der Waals surface area contributed by atoms with E-state index in [1.165, 1.54) is 30.6 Å². The number of nitrogens with two attached hydrogens (primary N) is 1. The van der Waals surface area contributed by atoms with Gasteiger partial charge >= 0.3 is 0 Å². The molecule has 0 radical (unpaired) electrons. The molecule has 0 aliphatic heterocycles. The first kappa shape index (κ1) is 14.8. The molecule has 1 aromatic rings. The van der Waals surface area contributed by atoms with Crippen LogP contribution in [0.1, 0.15) is 56.6 Å². The first-order chi connectivity index (χ1) is 8.67. The van der Waals surface area contributed by atoms with Crippen LogP contribution in [0.3, 0.4) is 0 Å². The third-order valence-electron chi connectivity index (χ3n) is 3.94. The van der Waals surface area contributed by atoms with Crippen LogP contribution >= 0.6 is 23.7 Å². The van der Waals surface area contributed by atoms with Gasteiger partial charge in [-0.25, -0.2) is 4.98 Å². The zero-order valence-electron chi connectivity index (χ0n) is 10.9. The Morgan fingerprint density at radius 1 is 1.37 bits per heavy atom. The van der Waals surface area contributed by atoms with Gasteiger partial charge in [-0.3, -0.25) is 4.79 Å². The maximum atomic E-state index is 12.2. The monoisotopic (exact) mass is 301 g/mol. The van der Waals surface area contributed by atoms with Gasteiger partial charge in [-0.2, -0.15) is 0 Å². The average molecular weight is 302 g/mol. The number of carbonyl (C=O) groups is 1. The van der Waals surface area contributed by atoms with Crippen LogP contribution in [0.4, 0.5) is 5.13 Å². The van der Waals surface area contributed by atoms with Crippen LogP contribution in [0, 0.1) is 0 Å². The molecule has 0 atom stereocenters. The molecule has 4 nitrogen and oxygen atoms in total. The van der Waals surface area contributed by atoms with Gasteiger partial charge in [-0.1, -0.05) is 19.3 Å². The maximum absolute atomic E-state index is 12.2. The lowest BCUT2D eigenvalue weighted by Crippen LogP contribution is -2.52. The predicted octanol–water partition coefficient (Wildman–Crippen LogP) is 3.04. The predicted molar refractivity (Wildman–Crippen MR) is 80.0 cm³/mol. The number of carbonyl (C=O) groups excluding carboxylic acids is 1. The molecule has 19 heavy (non-hydrogen) atoms. The number of hydrogen-bond acceptors (Lipinski definition) is 4. The number of aromatic nitrogens is 1. The largest absolute Gasteiger partial charge is 0.317 e. The summed E-state index contributed by atoms with van der Waals surface area (Å²) in [5.74, 6) is 0.576. The summed E-state index contributed by atoms with van der Waals surface area (Å²) in [5, 5.41) is 5.66. The smallest absolute Gasteiger partial charge is 0.246 e. The van der Waals surface area contributed by atoms with Crippen molar-refractivity contribution < 1.29 is 4.79 Å². The normalized spacial score (nSPS) is 21.5. The maximum Gasteiger partial charge on any atom is 0.246 e. The molecule has 3 N–H and O–H groups in total. The van der Waals surface area contributed by atoms with Crippen molar-refractivity contribution in [2.24, 2.45) is 5.73 Å². The van der Waals surface area contributed by atoms with E-state index >= 15 is 0 Å². The number of rotatable bonds is 3. The van der Waals surface area contributed by atoms with Crippen LogP contribution in [0.25, 0.3) is 0 Å². The number of nitrogens with zero attached hydrogens (tertiary/aromatic N) is 1. The van der Waals surface area contributed by atoms with Crippen molar-refractivity contribution in [3.05, 3.63) is 11.1 Å². The van der Waals surface area contributed by atoms with Gasteiger partial charge in [-0.15, -0.1) is 23.7 Å². The molecule has 0 spiro atoms. The second-order valence-corrected chi connectivity index (χ2v) is 6.38. The van der Waals surface area contributed by atoms with E-state index in [9.17, 15) is 4.79 Å². The van der Waals surface area contributed by atoms with Gasteiger partial charge in [0.2, 0.25) is 5.91 Å². The molecule has 2 saturated carbocycles. The first-order valence-corrected chi connectivity index (χ1v) is 7.61. The van der Waals surface area contributed by atoms with E-state index in [4.69, 9.17) is 5.73 Å². The van der Waals surface area contributed by atoms with E-state index < -0.39 is 5.54 Å². The number of thiazole rings is 1. The van der Waals surface area contributed by atoms with Crippen LogP contribution in [0.15, 0.2) is 5.38 Å². The highest BCUT2D eigenvalue weighted by Gasteiger charge is 2.36. The molecule has 1 aromatic heterocycles. The summed E-state index contributed by atoms with van der Waals surface area (Å²) in [6, 6.07) is 0. The highest BCUT2D eigenvalue weighted by atomic mass is 35.5. The lowest BCUT2D eigenvalue weighted by atomic mass is 9.82. The molecule has 106 valence electrons. The molecule has 0 unspecified atom stereocenters. The zero-order chi connectivity index (χ0) is 12.6. The third kappa shape index (κ3) is 3.27. The number of halogens is 1. The van der Waals surface area contributed by atoms with E-state index in [1.807, 2.05) is 0 Å². The molecular formula is C13H20ClN3OS. The van der Waals surface area contributed by atoms with Gasteiger partial charge in [0.15, 0.2) is 5.13 Å². The molecule has 0 saturated heterocycles. The Bertz CT molecular complexity index is 452. The summed E-state index contributed by atoms with van der Waals surface area (Å²) in [7, 11) is 0. The summed E-state index contributed by atoms with van der Waals surface area (Å²) in [5.41, 5.74) is 6.65. The van der Waals surface area contributed by atoms with E-state index in [1.54, 1.807) is 0 Å². The molecule has 1 amide bonds.